The van der Waals surface area contributed by atoms with Crippen LogP contribution in [0.15, 0.2) is 18.2 Å². The molecular weight excluding hydrogens is 418 g/mol. The topological polar surface area (TPSA) is 131 Å². The normalized spacial score (nSPS) is 13.8. The van der Waals surface area contributed by atoms with Gasteiger partial charge in [-0.1, -0.05) is 33.8 Å². The van der Waals surface area contributed by atoms with Gasteiger partial charge in [-0.05, 0) is 38.0 Å². The number of nitrogens with two attached hydrogens (primary N) is 1. The van der Waals surface area contributed by atoms with Crippen LogP contribution >= 0.6 is 0 Å². The molecule has 0 saturated carbocycles. The predicted molar refractivity (Wildman–Crippen MR) is 116 cm³/mol. The Morgan fingerprint density at radius 3 is 1.78 bits per heavy atom. The van der Waals surface area contributed by atoms with Gasteiger partial charge >= 0.3 is 23.9 Å². The largest absolute Gasteiger partial charge is 0.459 e. The summed E-state index contributed by atoms with van der Waals surface area (Å²) in [5.41, 5.74) is 6.56. The van der Waals surface area contributed by atoms with Crippen molar-refractivity contribution in [1.29, 1.82) is 0 Å². The fourth-order valence-electron chi connectivity index (χ4n) is 2.36. The van der Waals surface area contributed by atoms with Gasteiger partial charge in [-0.3, -0.25) is 19.2 Å². The second-order valence-corrected chi connectivity index (χ2v) is 8.20. The Bertz CT molecular complexity index is 833. The Balaban J connectivity index is 2.96. The first-order valence-corrected chi connectivity index (χ1v) is 10.5. The molecule has 9 heteroatoms. The van der Waals surface area contributed by atoms with Gasteiger partial charge in [-0.15, -0.1) is 0 Å². The molecule has 0 bridgehead atoms. The third-order valence-corrected chi connectivity index (χ3v) is 4.45. The van der Waals surface area contributed by atoms with Crippen molar-refractivity contribution in [3.05, 3.63) is 23.8 Å². The van der Waals surface area contributed by atoms with Crippen molar-refractivity contribution in [1.82, 2.24) is 0 Å². The monoisotopic (exact) mass is 451 g/mol. The van der Waals surface area contributed by atoms with E-state index < -0.39 is 48.0 Å². The second kappa shape index (κ2) is 12.2. The van der Waals surface area contributed by atoms with E-state index in [4.69, 9.17) is 24.7 Å². The predicted octanol–water partition coefficient (Wildman–Crippen LogP) is 2.56. The van der Waals surface area contributed by atoms with Crippen LogP contribution < -0.4 is 15.2 Å². The molecule has 3 atom stereocenters. The molecule has 2 N–H and O–H groups in total. The van der Waals surface area contributed by atoms with Crippen molar-refractivity contribution in [2.24, 2.45) is 17.6 Å². The van der Waals surface area contributed by atoms with Gasteiger partial charge in [-0.25, -0.2) is 0 Å². The summed E-state index contributed by atoms with van der Waals surface area (Å²) in [7, 11) is 0. The van der Waals surface area contributed by atoms with Crippen LogP contribution in [0.2, 0.25) is 0 Å². The van der Waals surface area contributed by atoms with Crippen LogP contribution in [0, 0.1) is 11.8 Å². The molecule has 0 aliphatic heterocycles. The van der Waals surface area contributed by atoms with E-state index in [1.807, 2.05) is 0 Å². The molecule has 0 spiro atoms. The minimum absolute atomic E-state index is 0.0626. The molecule has 0 aliphatic rings. The smallest absolute Gasteiger partial charge is 0.323 e. The van der Waals surface area contributed by atoms with Gasteiger partial charge in [0.2, 0.25) is 0 Å². The summed E-state index contributed by atoms with van der Waals surface area (Å²) >= 11 is 0. The quantitative estimate of drug-likeness (QED) is 0.421. The SMILES string of the molecule is CC(=O)OC(C)[C@H](C)OC(=O)[C@@H](N)Cc1ccc(OC(=O)C(C)C)c(OC(=O)C(C)C)c1. The van der Waals surface area contributed by atoms with Gasteiger partial charge in [0.05, 0.1) is 11.8 Å². The Kier molecular flexibility index (Phi) is 10.3. The Morgan fingerprint density at radius 1 is 0.781 bits per heavy atom. The van der Waals surface area contributed by atoms with Gasteiger partial charge in [0.15, 0.2) is 11.5 Å². The Morgan fingerprint density at radius 2 is 1.28 bits per heavy atom. The zero-order valence-corrected chi connectivity index (χ0v) is 19.7. The molecule has 9 nitrogen and oxygen atoms in total. The highest BCUT2D eigenvalue weighted by Crippen LogP contribution is 2.30. The van der Waals surface area contributed by atoms with Gasteiger partial charge in [0.25, 0.3) is 0 Å². The summed E-state index contributed by atoms with van der Waals surface area (Å²) in [6.07, 6.45) is -1.23. The third-order valence-electron chi connectivity index (χ3n) is 4.45. The summed E-state index contributed by atoms with van der Waals surface area (Å²) in [6.45, 7) is 11.2. The lowest BCUT2D eigenvalue weighted by molar-refractivity contribution is -0.164. The van der Waals surface area contributed by atoms with Crippen molar-refractivity contribution < 1.29 is 38.1 Å². The van der Waals surface area contributed by atoms with E-state index >= 15 is 0 Å². The first kappa shape index (κ1) is 27.1. The molecule has 32 heavy (non-hydrogen) atoms. The second-order valence-electron chi connectivity index (χ2n) is 8.20. The summed E-state index contributed by atoms with van der Waals surface area (Å²) in [6, 6.07) is 3.59. The molecule has 0 saturated heterocycles. The average Bonchev–Trinajstić information content (AvgIpc) is 2.68. The molecule has 178 valence electrons. The maximum Gasteiger partial charge on any atom is 0.323 e. The molecule has 0 radical (unpaired) electrons. The lowest BCUT2D eigenvalue weighted by atomic mass is 10.1. The number of rotatable bonds is 10. The van der Waals surface area contributed by atoms with Crippen molar-refractivity contribution in [2.45, 2.75) is 73.1 Å². The molecule has 0 aliphatic carbocycles. The fraction of sp³-hybridized carbons (Fsp3) is 0.565. The maximum atomic E-state index is 12.3. The molecule has 1 unspecified atom stereocenters. The minimum Gasteiger partial charge on any atom is -0.459 e. The number of hydrogen-bond acceptors (Lipinski definition) is 9. The molecular formula is C23H33NO8. The molecule has 0 heterocycles. The number of esters is 4. The van der Waals surface area contributed by atoms with Gasteiger partial charge in [-0.2, -0.15) is 0 Å². The van der Waals surface area contributed by atoms with Crippen molar-refractivity contribution in [2.75, 3.05) is 0 Å². The van der Waals surface area contributed by atoms with Crippen LogP contribution in [0.1, 0.15) is 54.0 Å². The van der Waals surface area contributed by atoms with E-state index in [0.717, 1.165) is 0 Å². The van der Waals surface area contributed by atoms with E-state index in [9.17, 15) is 19.2 Å². The number of carbonyl (C=O) groups is 4. The zero-order valence-electron chi connectivity index (χ0n) is 19.7. The molecule has 0 aromatic heterocycles. The number of hydrogen-bond donors (Lipinski definition) is 1. The highest BCUT2D eigenvalue weighted by molar-refractivity contribution is 5.78. The van der Waals surface area contributed by atoms with Crippen LogP contribution in [-0.2, 0) is 35.1 Å². The lowest BCUT2D eigenvalue weighted by Gasteiger charge is -2.22. The molecule has 0 fully saturated rings. The third kappa shape index (κ3) is 8.66. The maximum absolute atomic E-state index is 12.3. The minimum atomic E-state index is -1.01. The van der Waals surface area contributed by atoms with Crippen molar-refractivity contribution in [3.8, 4) is 11.5 Å². The highest BCUT2D eigenvalue weighted by Gasteiger charge is 2.24. The molecule has 1 rings (SSSR count). The summed E-state index contributed by atoms with van der Waals surface area (Å²) in [5.74, 6) is -2.74. The van der Waals surface area contributed by atoms with Gasteiger partial charge in [0, 0.05) is 6.92 Å². The lowest BCUT2D eigenvalue weighted by Crippen LogP contribution is -2.39. The molecule has 1 aromatic rings. The fourth-order valence-corrected chi connectivity index (χ4v) is 2.36. The van der Waals surface area contributed by atoms with Gasteiger partial charge in [0.1, 0.15) is 18.2 Å². The van der Waals surface area contributed by atoms with Crippen LogP contribution in [-0.4, -0.2) is 42.1 Å². The Labute approximate surface area is 188 Å². The summed E-state index contributed by atoms with van der Waals surface area (Å²) < 4.78 is 21.0. The summed E-state index contributed by atoms with van der Waals surface area (Å²) in [5, 5.41) is 0. The molecule has 1 aromatic carbocycles. The number of carbonyl (C=O) groups excluding carboxylic acids is 4. The first-order valence-electron chi connectivity index (χ1n) is 10.5. The summed E-state index contributed by atoms with van der Waals surface area (Å²) in [4.78, 5) is 47.5. The van der Waals surface area contributed by atoms with E-state index in [1.165, 1.54) is 19.1 Å². The van der Waals surface area contributed by atoms with Crippen molar-refractivity contribution in [3.63, 3.8) is 0 Å². The standard InChI is InChI=1S/C23H33NO8/c1-12(2)21(26)31-19-9-8-17(11-20(19)32-22(27)13(3)4)10-18(24)23(28)30-15(6)14(5)29-16(7)25/h8-9,11-15,18H,10,24H2,1-7H3/t14?,15-,18-/m0/s1. The van der Waals surface area contributed by atoms with E-state index in [1.54, 1.807) is 47.6 Å². The highest BCUT2D eigenvalue weighted by atomic mass is 16.6. The van der Waals surface area contributed by atoms with Crippen LogP contribution in [0.4, 0.5) is 0 Å². The number of ether oxygens (including phenoxy) is 4. The van der Waals surface area contributed by atoms with Crippen LogP contribution in [0.5, 0.6) is 11.5 Å². The van der Waals surface area contributed by atoms with Crippen molar-refractivity contribution >= 4 is 23.9 Å². The Hall–Kier alpha value is -2.94. The van der Waals surface area contributed by atoms with E-state index in [-0.39, 0.29) is 23.8 Å². The zero-order chi connectivity index (χ0) is 24.6. The van der Waals surface area contributed by atoms with E-state index in [2.05, 4.69) is 0 Å². The number of benzene rings is 1. The van der Waals surface area contributed by atoms with Crippen LogP contribution in [0.25, 0.3) is 0 Å². The average molecular weight is 452 g/mol. The van der Waals surface area contributed by atoms with E-state index in [0.29, 0.717) is 5.56 Å². The van der Waals surface area contributed by atoms with Crippen LogP contribution in [0.3, 0.4) is 0 Å². The first-order chi connectivity index (χ1) is 14.8. The molecule has 0 amide bonds. The van der Waals surface area contributed by atoms with Gasteiger partial charge < -0.3 is 24.7 Å².